The Hall–Kier alpha value is -1.03. The number of halogens is 4. The van der Waals surface area contributed by atoms with Gasteiger partial charge in [0.05, 0.1) is 16.5 Å². The molecule has 4 nitrogen and oxygen atoms in total. The molecule has 0 saturated carbocycles. The summed E-state index contributed by atoms with van der Waals surface area (Å²) in [6, 6.07) is 1.98. The van der Waals surface area contributed by atoms with Crippen LogP contribution >= 0.6 is 38.5 Å². The number of rotatable bonds is 2. The summed E-state index contributed by atoms with van der Waals surface area (Å²) < 4.78 is 27.2. The Bertz CT molecular complexity index is 662. The fourth-order valence-electron chi connectivity index (χ4n) is 1.22. The molecule has 2 N–H and O–H groups in total. The number of H-pyrrole nitrogens is 1. The number of aromatic nitrogens is 2. The Morgan fingerprint density at radius 3 is 2.78 bits per heavy atom. The van der Waals surface area contributed by atoms with E-state index < -0.39 is 11.6 Å². The minimum atomic E-state index is -0.652. The van der Waals surface area contributed by atoms with Gasteiger partial charge in [0.15, 0.2) is 5.82 Å². The van der Waals surface area contributed by atoms with E-state index in [4.69, 9.17) is 0 Å². The van der Waals surface area contributed by atoms with Gasteiger partial charge >= 0.3 is 0 Å². The zero-order valence-electron chi connectivity index (χ0n) is 8.60. The second kappa shape index (κ2) is 5.31. The van der Waals surface area contributed by atoms with Gasteiger partial charge in [0.2, 0.25) is 0 Å². The summed E-state index contributed by atoms with van der Waals surface area (Å²) in [5.41, 5.74) is -0.446. The molecule has 1 aromatic heterocycles. The lowest BCUT2D eigenvalue weighted by atomic mass is 10.3. The van der Waals surface area contributed by atoms with Crippen LogP contribution in [-0.2, 0) is 0 Å². The molecule has 0 atom stereocenters. The van der Waals surface area contributed by atoms with E-state index in [-0.39, 0.29) is 25.1 Å². The molecular weight excluding hydrogens is 423 g/mol. The van der Waals surface area contributed by atoms with E-state index in [1.807, 2.05) is 0 Å². The SMILES string of the molecule is O=c1[nH]cnc(Nc2cc(F)c(Br)cc2F)c1I. The van der Waals surface area contributed by atoms with Crippen molar-refractivity contribution in [1.82, 2.24) is 9.97 Å². The first-order valence-electron chi connectivity index (χ1n) is 4.64. The van der Waals surface area contributed by atoms with Crippen LogP contribution < -0.4 is 10.9 Å². The van der Waals surface area contributed by atoms with E-state index in [1.165, 1.54) is 6.33 Å². The van der Waals surface area contributed by atoms with Crippen molar-refractivity contribution in [2.24, 2.45) is 0 Å². The van der Waals surface area contributed by atoms with Gasteiger partial charge in [-0.3, -0.25) is 4.79 Å². The van der Waals surface area contributed by atoms with Crippen molar-refractivity contribution in [2.45, 2.75) is 0 Å². The Balaban J connectivity index is 2.43. The van der Waals surface area contributed by atoms with Crippen molar-refractivity contribution in [3.63, 3.8) is 0 Å². The predicted octanol–water partition coefficient (Wildman–Crippen LogP) is 3.16. The van der Waals surface area contributed by atoms with Crippen LogP contribution in [0.1, 0.15) is 0 Å². The average molecular weight is 428 g/mol. The van der Waals surface area contributed by atoms with Crippen LogP contribution in [0.25, 0.3) is 0 Å². The second-order valence-corrected chi connectivity index (χ2v) is 5.20. The fraction of sp³-hybridized carbons (Fsp3) is 0. The summed E-state index contributed by atoms with van der Waals surface area (Å²) in [4.78, 5) is 17.5. The van der Waals surface area contributed by atoms with Crippen molar-refractivity contribution < 1.29 is 8.78 Å². The molecule has 0 saturated heterocycles. The van der Waals surface area contributed by atoms with E-state index in [0.29, 0.717) is 0 Å². The first-order chi connectivity index (χ1) is 8.49. The zero-order chi connectivity index (χ0) is 13.3. The molecule has 0 amide bonds. The Labute approximate surface area is 122 Å². The van der Waals surface area contributed by atoms with Crippen molar-refractivity contribution in [1.29, 1.82) is 0 Å². The largest absolute Gasteiger partial charge is 0.337 e. The van der Waals surface area contributed by atoms with Crippen molar-refractivity contribution in [3.8, 4) is 0 Å². The molecule has 0 aliphatic rings. The van der Waals surface area contributed by atoms with Crippen molar-refractivity contribution in [3.05, 3.63) is 48.5 Å². The molecule has 0 unspecified atom stereocenters. The molecule has 1 heterocycles. The van der Waals surface area contributed by atoms with Gasteiger partial charge in [-0.25, -0.2) is 13.8 Å². The molecule has 0 fully saturated rings. The number of hydrogen-bond donors (Lipinski definition) is 2. The predicted molar refractivity (Wildman–Crippen MR) is 74.9 cm³/mol. The quantitative estimate of drug-likeness (QED) is 0.571. The maximum absolute atomic E-state index is 13.6. The van der Waals surface area contributed by atoms with Crippen LogP contribution in [0.5, 0.6) is 0 Å². The minimum absolute atomic E-state index is 0.0270. The highest BCUT2D eigenvalue weighted by molar-refractivity contribution is 14.1. The fourth-order valence-corrected chi connectivity index (χ4v) is 1.96. The van der Waals surface area contributed by atoms with Crippen molar-refractivity contribution in [2.75, 3.05) is 5.32 Å². The third kappa shape index (κ3) is 2.69. The molecule has 2 aromatic rings. The summed E-state index contributed by atoms with van der Waals surface area (Å²) in [5, 5.41) is 2.57. The molecule has 94 valence electrons. The van der Waals surface area contributed by atoms with E-state index in [9.17, 15) is 13.6 Å². The monoisotopic (exact) mass is 427 g/mol. The number of nitrogens with zero attached hydrogens (tertiary/aromatic N) is 1. The van der Waals surface area contributed by atoms with E-state index >= 15 is 0 Å². The smallest absolute Gasteiger partial charge is 0.266 e. The highest BCUT2D eigenvalue weighted by Gasteiger charge is 2.11. The maximum Gasteiger partial charge on any atom is 0.266 e. The standard InChI is InChI=1S/C10H5BrF2IN3O/c11-4-1-6(13)7(2-5(4)12)17-9-8(14)10(18)16-3-15-9/h1-3H,(H2,15,16,17,18). The van der Waals surface area contributed by atoms with Gasteiger partial charge in [0, 0.05) is 6.07 Å². The lowest BCUT2D eigenvalue weighted by Crippen LogP contribution is -2.13. The van der Waals surface area contributed by atoms with E-state index in [0.717, 1.165) is 12.1 Å². The van der Waals surface area contributed by atoms with Gasteiger partial charge in [0.1, 0.15) is 15.2 Å². The van der Waals surface area contributed by atoms with Gasteiger partial charge in [0.25, 0.3) is 5.56 Å². The van der Waals surface area contributed by atoms with Crippen LogP contribution in [0, 0.1) is 15.2 Å². The third-order valence-electron chi connectivity index (χ3n) is 2.06. The Morgan fingerprint density at radius 1 is 1.33 bits per heavy atom. The Morgan fingerprint density at radius 2 is 2.06 bits per heavy atom. The molecule has 1 aromatic carbocycles. The van der Waals surface area contributed by atoms with Gasteiger partial charge in [-0.2, -0.15) is 0 Å². The molecule has 0 bridgehead atoms. The van der Waals surface area contributed by atoms with Crippen LogP contribution in [0.2, 0.25) is 0 Å². The van der Waals surface area contributed by atoms with Gasteiger partial charge in [-0.05, 0) is 44.6 Å². The molecule has 0 aliphatic carbocycles. The number of aromatic amines is 1. The van der Waals surface area contributed by atoms with Gasteiger partial charge in [-0.1, -0.05) is 0 Å². The lowest BCUT2D eigenvalue weighted by Gasteiger charge is -2.08. The molecule has 8 heteroatoms. The first kappa shape index (κ1) is 13.4. The number of anilines is 2. The second-order valence-electron chi connectivity index (χ2n) is 3.27. The van der Waals surface area contributed by atoms with Crippen LogP contribution in [0.3, 0.4) is 0 Å². The molecule has 2 rings (SSSR count). The number of hydrogen-bond acceptors (Lipinski definition) is 3. The highest BCUT2D eigenvalue weighted by Crippen LogP contribution is 2.26. The summed E-state index contributed by atoms with van der Waals surface area (Å²) >= 11 is 4.64. The highest BCUT2D eigenvalue weighted by atomic mass is 127. The molecule has 18 heavy (non-hydrogen) atoms. The third-order valence-corrected chi connectivity index (χ3v) is 3.67. The number of benzene rings is 1. The summed E-state index contributed by atoms with van der Waals surface area (Å²) in [5.74, 6) is -1.10. The van der Waals surface area contributed by atoms with Gasteiger partial charge < -0.3 is 10.3 Å². The van der Waals surface area contributed by atoms with Crippen molar-refractivity contribution >= 4 is 50.0 Å². The molecule has 0 radical (unpaired) electrons. The van der Waals surface area contributed by atoms with Crippen LogP contribution in [0.4, 0.5) is 20.3 Å². The van der Waals surface area contributed by atoms with Crippen LogP contribution in [0.15, 0.2) is 27.7 Å². The average Bonchev–Trinajstić information content (AvgIpc) is 2.32. The summed E-state index contributed by atoms with van der Waals surface area (Å²) in [6.45, 7) is 0. The van der Waals surface area contributed by atoms with E-state index in [2.05, 4.69) is 31.2 Å². The molecule has 0 aliphatic heterocycles. The first-order valence-corrected chi connectivity index (χ1v) is 6.51. The topological polar surface area (TPSA) is 57.8 Å². The minimum Gasteiger partial charge on any atom is -0.337 e. The Kier molecular flexibility index (Phi) is 3.95. The molecular formula is C10H5BrF2IN3O. The lowest BCUT2D eigenvalue weighted by molar-refractivity contribution is 0.597. The van der Waals surface area contributed by atoms with Crippen LogP contribution in [-0.4, -0.2) is 9.97 Å². The number of nitrogens with one attached hydrogen (secondary N) is 2. The molecule has 0 spiro atoms. The van der Waals surface area contributed by atoms with E-state index in [1.54, 1.807) is 22.6 Å². The van der Waals surface area contributed by atoms with Gasteiger partial charge in [-0.15, -0.1) is 0 Å². The maximum atomic E-state index is 13.6. The zero-order valence-corrected chi connectivity index (χ0v) is 12.3. The summed E-state index contributed by atoms with van der Waals surface area (Å²) in [7, 11) is 0. The summed E-state index contributed by atoms with van der Waals surface area (Å²) in [6.07, 6.45) is 1.18. The normalized spacial score (nSPS) is 10.4.